The first-order valence-electron chi connectivity index (χ1n) is 7.03. The lowest BCUT2D eigenvalue weighted by atomic mass is 10.1. The van der Waals surface area contributed by atoms with Crippen LogP contribution < -0.4 is 10.6 Å². The van der Waals surface area contributed by atoms with Crippen molar-refractivity contribution in [3.63, 3.8) is 0 Å². The van der Waals surface area contributed by atoms with Crippen molar-refractivity contribution in [3.8, 4) is 0 Å². The molecule has 2 aromatic rings. The minimum absolute atomic E-state index is 0.454. The van der Waals surface area contributed by atoms with Gasteiger partial charge in [-0.1, -0.05) is 36.3 Å². The largest absolute Gasteiger partial charge is 0.352 e. The van der Waals surface area contributed by atoms with Gasteiger partial charge in [-0.25, -0.2) is 0 Å². The number of rotatable bonds is 5. The van der Waals surface area contributed by atoms with Crippen LogP contribution in [0.4, 0.5) is 0 Å². The van der Waals surface area contributed by atoms with Crippen LogP contribution in [0.1, 0.15) is 29.8 Å². The van der Waals surface area contributed by atoms with E-state index in [1.54, 1.807) is 14.0 Å². The molecule has 1 heterocycles. The average molecular weight is 287 g/mol. The second-order valence-corrected chi connectivity index (χ2v) is 4.64. The van der Waals surface area contributed by atoms with Gasteiger partial charge in [-0.3, -0.25) is 4.99 Å². The van der Waals surface area contributed by atoms with Gasteiger partial charge in [0.1, 0.15) is 0 Å². The Morgan fingerprint density at radius 2 is 1.90 bits per heavy atom. The van der Waals surface area contributed by atoms with E-state index in [2.05, 4.69) is 50.9 Å². The van der Waals surface area contributed by atoms with E-state index in [9.17, 15) is 0 Å². The molecule has 0 aliphatic carbocycles. The molecule has 0 aliphatic heterocycles. The normalized spacial score (nSPS) is 11.5. The summed E-state index contributed by atoms with van der Waals surface area (Å²) in [6, 6.07) is 8.38. The Balaban J connectivity index is 1.88. The summed E-state index contributed by atoms with van der Waals surface area (Å²) in [5.74, 6) is 1.88. The maximum atomic E-state index is 5.05. The fraction of sp³-hybridized carbons (Fsp3) is 0.400. The Labute approximate surface area is 124 Å². The molecule has 0 aliphatic rings. The molecule has 0 saturated carbocycles. The van der Waals surface area contributed by atoms with Gasteiger partial charge in [-0.2, -0.15) is 4.98 Å². The highest BCUT2D eigenvalue weighted by molar-refractivity contribution is 5.79. The lowest BCUT2D eigenvalue weighted by Gasteiger charge is -2.12. The van der Waals surface area contributed by atoms with E-state index in [4.69, 9.17) is 4.52 Å². The number of nitrogens with zero attached hydrogens (tertiary/aromatic N) is 3. The maximum Gasteiger partial charge on any atom is 0.246 e. The van der Waals surface area contributed by atoms with Crippen LogP contribution in [0.3, 0.4) is 0 Å². The van der Waals surface area contributed by atoms with E-state index in [0.29, 0.717) is 24.2 Å². The monoisotopic (exact) mass is 287 g/mol. The molecule has 2 rings (SSSR count). The Hall–Kier alpha value is -2.37. The van der Waals surface area contributed by atoms with Gasteiger partial charge in [0.2, 0.25) is 5.89 Å². The minimum Gasteiger partial charge on any atom is -0.352 e. The molecule has 6 heteroatoms. The third kappa shape index (κ3) is 4.30. The van der Waals surface area contributed by atoms with Crippen molar-refractivity contribution in [2.24, 2.45) is 4.99 Å². The molecule has 0 amide bonds. The Morgan fingerprint density at radius 1 is 1.19 bits per heavy atom. The fourth-order valence-electron chi connectivity index (χ4n) is 2.05. The summed E-state index contributed by atoms with van der Waals surface area (Å²) in [4.78, 5) is 8.32. The van der Waals surface area contributed by atoms with E-state index in [0.717, 1.165) is 13.0 Å². The number of hydrogen-bond acceptors (Lipinski definition) is 4. The summed E-state index contributed by atoms with van der Waals surface area (Å²) in [6.07, 6.45) is 1.02. The fourth-order valence-corrected chi connectivity index (χ4v) is 2.05. The van der Waals surface area contributed by atoms with Gasteiger partial charge in [0.15, 0.2) is 11.8 Å². The molecule has 112 valence electrons. The van der Waals surface area contributed by atoms with Crippen molar-refractivity contribution in [1.82, 2.24) is 20.8 Å². The highest BCUT2D eigenvalue weighted by atomic mass is 16.5. The molecule has 0 unspecified atom stereocenters. The predicted octanol–water partition coefficient (Wildman–Crippen LogP) is 1.81. The molecule has 0 saturated heterocycles. The minimum atomic E-state index is 0.454. The molecule has 0 radical (unpaired) electrons. The summed E-state index contributed by atoms with van der Waals surface area (Å²) < 4.78 is 5.05. The molecular weight excluding hydrogens is 266 g/mol. The lowest BCUT2D eigenvalue weighted by molar-refractivity contribution is 0.371. The number of aryl methyl sites for hydroxylation is 2. The van der Waals surface area contributed by atoms with Crippen molar-refractivity contribution >= 4 is 5.96 Å². The van der Waals surface area contributed by atoms with Crippen molar-refractivity contribution in [2.45, 2.75) is 33.4 Å². The van der Waals surface area contributed by atoms with Crippen LogP contribution in [-0.2, 0) is 19.5 Å². The van der Waals surface area contributed by atoms with Gasteiger partial charge in [-0.15, -0.1) is 0 Å². The number of aromatic nitrogens is 2. The Kier molecular flexibility index (Phi) is 5.31. The van der Waals surface area contributed by atoms with E-state index in [1.165, 1.54) is 11.1 Å². The van der Waals surface area contributed by atoms with Crippen molar-refractivity contribution in [2.75, 3.05) is 7.05 Å². The number of nitrogens with one attached hydrogen (secondary N) is 2. The third-order valence-corrected chi connectivity index (χ3v) is 3.15. The number of guanidine groups is 1. The molecule has 21 heavy (non-hydrogen) atoms. The summed E-state index contributed by atoms with van der Waals surface area (Å²) in [6.45, 7) is 5.13. The molecule has 2 N–H and O–H groups in total. The van der Waals surface area contributed by atoms with Crippen molar-refractivity contribution < 1.29 is 4.52 Å². The Morgan fingerprint density at radius 3 is 2.52 bits per heavy atom. The summed E-state index contributed by atoms with van der Waals surface area (Å²) in [7, 11) is 1.74. The topological polar surface area (TPSA) is 75.3 Å². The second-order valence-electron chi connectivity index (χ2n) is 4.64. The van der Waals surface area contributed by atoms with Crippen molar-refractivity contribution in [1.29, 1.82) is 0 Å². The lowest BCUT2D eigenvalue weighted by Crippen LogP contribution is -2.36. The van der Waals surface area contributed by atoms with Gasteiger partial charge < -0.3 is 15.2 Å². The van der Waals surface area contributed by atoms with Gasteiger partial charge in [0.05, 0.1) is 6.54 Å². The van der Waals surface area contributed by atoms with E-state index in [-0.39, 0.29) is 0 Å². The molecular formula is C15H21N5O. The van der Waals surface area contributed by atoms with Crippen LogP contribution in [-0.4, -0.2) is 23.1 Å². The zero-order valence-corrected chi connectivity index (χ0v) is 12.7. The maximum absolute atomic E-state index is 5.05. The quantitative estimate of drug-likeness (QED) is 0.648. The molecule has 1 aromatic carbocycles. The summed E-state index contributed by atoms with van der Waals surface area (Å²) >= 11 is 0. The van der Waals surface area contributed by atoms with Gasteiger partial charge in [0.25, 0.3) is 0 Å². The van der Waals surface area contributed by atoms with Crippen LogP contribution in [0.25, 0.3) is 0 Å². The van der Waals surface area contributed by atoms with E-state index < -0.39 is 0 Å². The standard InChI is InChI=1S/C15H21N5O/c1-4-12-7-5-6-8-13(12)9-17-15(16-3)18-10-14-19-11(2)20-21-14/h5-8H,4,9-10H2,1-3H3,(H2,16,17,18). The smallest absolute Gasteiger partial charge is 0.246 e. The third-order valence-electron chi connectivity index (χ3n) is 3.15. The molecule has 0 fully saturated rings. The van der Waals surface area contributed by atoms with Crippen molar-refractivity contribution in [3.05, 3.63) is 47.1 Å². The second kappa shape index (κ2) is 7.42. The van der Waals surface area contributed by atoms with Crippen LogP contribution >= 0.6 is 0 Å². The SMILES string of the molecule is CCc1ccccc1CNC(=NC)NCc1nc(C)no1. The van der Waals surface area contributed by atoms with Gasteiger partial charge in [0, 0.05) is 13.6 Å². The van der Waals surface area contributed by atoms with Crippen LogP contribution in [0.5, 0.6) is 0 Å². The average Bonchev–Trinajstić information content (AvgIpc) is 2.93. The summed E-state index contributed by atoms with van der Waals surface area (Å²) in [5.41, 5.74) is 2.62. The molecule has 6 nitrogen and oxygen atoms in total. The predicted molar refractivity (Wildman–Crippen MR) is 81.9 cm³/mol. The first kappa shape index (κ1) is 15.0. The Bertz CT molecular complexity index is 606. The highest BCUT2D eigenvalue weighted by Gasteiger charge is 2.05. The molecule has 1 aromatic heterocycles. The number of aliphatic imine (C=N–C) groups is 1. The van der Waals surface area contributed by atoms with Crippen LogP contribution in [0.2, 0.25) is 0 Å². The zero-order chi connectivity index (χ0) is 15.1. The first-order chi connectivity index (χ1) is 10.2. The van der Waals surface area contributed by atoms with Crippen LogP contribution in [0.15, 0.2) is 33.8 Å². The van der Waals surface area contributed by atoms with Gasteiger partial charge >= 0.3 is 0 Å². The first-order valence-corrected chi connectivity index (χ1v) is 7.03. The van der Waals surface area contributed by atoms with E-state index >= 15 is 0 Å². The number of hydrogen-bond donors (Lipinski definition) is 2. The van der Waals surface area contributed by atoms with E-state index in [1.807, 2.05) is 6.07 Å². The number of benzene rings is 1. The van der Waals surface area contributed by atoms with Gasteiger partial charge in [-0.05, 0) is 24.5 Å². The summed E-state index contributed by atoms with van der Waals surface area (Å²) in [5, 5.41) is 10.2. The molecule has 0 bridgehead atoms. The molecule has 0 spiro atoms. The molecule has 0 atom stereocenters. The highest BCUT2D eigenvalue weighted by Crippen LogP contribution is 2.08. The zero-order valence-electron chi connectivity index (χ0n) is 12.7. The van der Waals surface area contributed by atoms with Crippen LogP contribution in [0, 0.1) is 6.92 Å².